The van der Waals surface area contributed by atoms with Crippen LogP contribution in [0.2, 0.25) is 0 Å². The number of hydrogen-bond donors (Lipinski definition) is 0. The second-order valence-electron chi connectivity index (χ2n) is 3.08. The van der Waals surface area contributed by atoms with Gasteiger partial charge in [0, 0.05) is 24.2 Å². The number of halogens is 1. The van der Waals surface area contributed by atoms with Crippen molar-refractivity contribution < 1.29 is 4.39 Å². The van der Waals surface area contributed by atoms with Gasteiger partial charge in [-0.15, -0.1) is 0 Å². The van der Waals surface area contributed by atoms with Crippen LogP contribution < -0.4 is 0 Å². The molecule has 70 valence electrons. The molecule has 0 aromatic carbocycles. The molecule has 0 spiro atoms. The normalized spacial score (nSPS) is 10.1. The minimum atomic E-state index is -0.307. The van der Waals surface area contributed by atoms with Gasteiger partial charge in [0.1, 0.15) is 11.5 Å². The van der Waals surface area contributed by atoms with Crippen LogP contribution in [0, 0.1) is 12.7 Å². The van der Waals surface area contributed by atoms with Crippen molar-refractivity contribution in [2.75, 3.05) is 0 Å². The molecule has 14 heavy (non-hydrogen) atoms. The number of pyridine rings is 2. The van der Waals surface area contributed by atoms with Gasteiger partial charge in [-0.1, -0.05) is 0 Å². The third-order valence-electron chi connectivity index (χ3n) is 1.91. The van der Waals surface area contributed by atoms with Gasteiger partial charge in [0.15, 0.2) is 0 Å². The van der Waals surface area contributed by atoms with Gasteiger partial charge in [0.25, 0.3) is 0 Å². The van der Waals surface area contributed by atoms with Gasteiger partial charge in [0.2, 0.25) is 0 Å². The fraction of sp³-hybridized carbons (Fsp3) is 0.0909. The van der Waals surface area contributed by atoms with Crippen LogP contribution in [0.3, 0.4) is 0 Å². The maximum atomic E-state index is 13.4. The second kappa shape index (κ2) is 3.54. The molecule has 0 amide bonds. The lowest BCUT2D eigenvalue weighted by Gasteiger charge is -2.01. The molecule has 2 nitrogen and oxygen atoms in total. The maximum absolute atomic E-state index is 13.4. The Morgan fingerprint density at radius 3 is 2.79 bits per heavy atom. The van der Waals surface area contributed by atoms with Gasteiger partial charge in [-0.3, -0.25) is 9.97 Å². The van der Waals surface area contributed by atoms with Gasteiger partial charge in [-0.2, -0.15) is 0 Å². The summed E-state index contributed by atoms with van der Waals surface area (Å²) in [4.78, 5) is 7.95. The van der Waals surface area contributed by atoms with Gasteiger partial charge in [0.05, 0.1) is 0 Å². The van der Waals surface area contributed by atoms with E-state index >= 15 is 0 Å². The Bertz CT molecular complexity index is 440. The fourth-order valence-corrected chi connectivity index (χ4v) is 1.25. The van der Waals surface area contributed by atoms with E-state index in [1.54, 1.807) is 30.7 Å². The number of nitrogens with zero attached hydrogens (tertiary/aromatic N) is 2. The molecule has 0 unspecified atom stereocenters. The SMILES string of the molecule is Cc1cnc(-c2cccnc2)c(F)c1. The van der Waals surface area contributed by atoms with Gasteiger partial charge >= 0.3 is 0 Å². The molecule has 0 aliphatic rings. The van der Waals surface area contributed by atoms with E-state index in [0.717, 1.165) is 5.56 Å². The molecule has 3 heteroatoms. The zero-order valence-electron chi connectivity index (χ0n) is 7.74. The summed E-state index contributed by atoms with van der Waals surface area (Å²) < 4.78 is 13.4. The predicted octanol–water partition coefficient (Wildman–Crippen LogP) is 2.59. The molecule has 0 saturated carbocycles. The van der Waals surface area contributed by atoms with Crippen LogP contribution in [0.1, 0.15) is 5.56 Å². The molecule has 2 rings (SSSR count). The average Bonchev–Trinajstić information content (AvgIpc) is 2.19. The summed E-state index contributed by atoms with van der Waals surface area (Å²) in [6, 6.07) is 5.01. The molecular formula is C11H9FN2. The molecular weight excluding hydrogens is 179 g/mol. The highest BCUT2D eigenvalue weighted by Gasteiger charge is 2.05. The lowest BCUT2D eigenvalue weighted by atomic mass is 10.1. The van der Waals surface area contributed by atoms with Crippen molar-refractivity contribution in [3.05, 3.63) is 48.2 Å². The highest BCUT2D eigenvalue weighted by Crippen LogP contribution is 2.19. The monoisotopic (exact) mass is 188 g/mol. The summed E-state index contributed by atoms with van der Waals surface area (Å²) in [5.41, 5.74) is 1.86. The summed E-state index contributed by atoms with van der Waals surface area (Å²) in [7, 11) is 0. The summed E-state index contributed by atoms with van der Waals surface area (Å²) in [5, 5.41) is 0. The zero-order chi connectivity index (χ0) is 9.97. The number of hydrogen-bond acceptors (Lipinski definition) is 2. The summed E-state index contributed by atoms with van der Waals surface area (Å²) in [6.07, 6.45) is 4.89. The van der Waals surface area contributed by atoms with Crippen molar-refractivity contribution in [1.29, 1.82) is 0 Å². The largest absolute Gasteiger partial charge is 0.264 e. The summed E-state index contributed by atoms with van der Waals surface area (Å²) >= 11 is 0. The van der Waals surface area contributed by atoms with E-state index in [1.165, 1.54) is 6.07 Å². The zero-order valence-corrected chi connectivity index (χ0v) is 7.74. The van der Waals surface area contributed by atoms with E-state index in [2.05, 4.69) is 9.97 Å². The van der Waals surface area contributed by atoms with Crippen molar-refractivity contribution in [2.45, 2.75) is 6.92 Å². The van der Waals surface area contributed by atoms with Gasteiger partial charge < -0.3 is 0 Å². The predicted molar refractivity (Wildman–Crippen MR) is 52.2 cm³/mol. The Morgan fingerprint density at radius 1 is 1.29 bits per heavy atom. The van der Waals surface area contributed by atoms with Crippen molar-refractivity contribution >= 4 is 0 Å². The first-order valence-corrected chi connectivity index (χ1v) is 4.30. The molecule has 0 aliphatic heterocycles. The van der Waals surface area contributed by atoms with Crippen LogP contribution >= 0.6 is 0 Å². The van der Waals surface area contributed by atoms with Crippen molar-refractivity contribution in [3.8, 4) is 11.3 Å². The van der Waals surface area contributed by atoms with Crippen LogP contribution in [-0.2, 0) is 0 Å². The van der Waals surface area contributed by atoms with Crippen LogP contribution in [0.15, 0.2) is 36.8 Å². The van der Waals surface area contributed by atoms with E-state index in [0.29, 0.717) is 11.3 Å². The van der Waals surface area contributed by atoms with Crippen LogP contribution in [0.4, 0.5) is 4.39 Å². The van der Waals surface area contributed by atoms with Crippen LogP contribution in [0.25, 0.3) is 11.3 Å². The van der Waals surface area contributed by atoms with E-state index in [9.17, 15) is 4.39 Å². The summed E-state index contributed by atoms with van der Waals surface area (Å²) in [6.45, 7) is 1.81. The van der Waals surface area contributed by atoms with Gasteiger partial charge in [-0.25, -0.2) is 4.39 Å². The van der Waals surface area contributed by atoms with Crippen molar-refractivity contribution in [2.24, 2.45) is 0 Å². The Morgan fingerprint density at radius 2 is 2.14 bits per heavy atom. The smallest absolute Gasteiger partial charge is 0.149 e. The first-order valence-electron chi connectivity index (χ1n) is 4.30. The fourth-order valence-electron chi connectivity index (χ4n) is 1.25. The molecule has 0 N–H and O–H groups in total. The molecule has 0 aliphatic carbocycles. The highest BCUT2D eigenvalue weighted by molar-refractivity contribution is 5.58. The third kappa shape index (κ3) is 1.62. The standard InChI is InChI=1S/C11H9FN2/c1-8-5-10(12)11(14-6-8)9-3-2-4-13-7-9/h2-7H,1H3. The van der Waals surface area contributed by atoms with Crippen molar-refractivity contribution in [3.63, 3.8) is 0 Å². The quantitative estimate of drug-likeness (QED) is 0.687. The molecule has 0 fully saturated rings. The summed E-state index contributed by atoms with van der Waals surface area (Å²) in [5.74, 6) is -0.307. The Hall–Kier alpha value is -1.77. The first kappa shape index (κ1) is 8.81. The molecule has 2 heterocycles. The second-order valence-corrected chi connectivity index (χ2v) is 3.08. The lowest BCUT2D eigenvalue weighted by Crippen LogP contribution is -1.90. The Kier molecular flexibility index (Phi) is 2.23. The van der Waals surface area contributed by atoms with E-state index < -0.39 is 0 Å². The van der Waals surface area contributed by atoms with E-state index in [1.807, 2.05) is 6.92 Å². The average molecular weight is 188 g/mol. The minimum Gasteiger partial charge on any atom is -0.264 e. The Labute approximate surface area is 81.5 Å². The molecule has 0 radical (unpaired) electrons. The third-order valence-corrected chi connectivity index (χ3v) is 1.91. The molecule has 0 atom stereocenters. The van der Waals surface area contributed by atoms with Crippen molar-refractivity contribution in [1.82, 2.24) is 9.97 Å². The van der Waals surface area contributed by atoms with Crippen LogP contribution in [-0.4, -0.2) is 9.97 Å². The van der Waals surface area contributed by atoms with E-state index in [4.69, 9.17) is 0 Å². The number of rotatable bonds is 1. The maximum Gasteiger partial charge on any atom is 0.149 e. The molecule has 2 aromatic heterocycles. The minimum absolute atomic E-state index is 0.307. The lowest BCUT2D eigenvalue weighted by molar-refractivity contribution is 0.624. The molecule has 0 saturated heterocycles. The topological polar surface area (TPSA) is 25.8 Å². The number of aromatic nitrogens is 2. The Balaban J connectivity index is 2.53. The van der Waals surface area contributed by atoms with Gasteiger partial charge in [-0.05, 0) is 30.7 Å². The number of aryl methyl sites for hydroxylation is 1. The first-order chi connectivity index (χ1) is 6.77. The highest BCUT2D eigenvalue weighted by atomic mass is 19.1. The molecule has 2 aromatic rings. The molecule has 0 bridgehead atoms. The van der Waals surface area contributed by atoms with E-state index in [-0.39, 0.29) is 5.82 Å². The van der Waals surface area contributed by atoms with Crippen LogP contribution in [0.5, 0.6) is 0 Å².